The van der Waals surface area contributed by atoms with Gasteiger partial charge in [-0.2, -0.15) is 0 Å². The van der Waals surface area contributed by atoms with E-state index in [-0.39, 0.29) is 6.10 Å². The molecule has 3 heterocycles. The number of rotatable bonds is 5. The predicted octanol–water partition coefficient (Wildman–Crippen LogP) is 4.35. The summed E-state index contributed by atoms with van der Waals surface area (Å²) in [4.78, 5) is 7.48. The molecule has 5 nitrogen and oxygen atoms in total. The van der Waals surface area contributed by atoms with Crippen LogP contribution in [0.4, 0.5) is 0 Å². The second-order valence-corrected chi connectivity index (χ2v) is 8.47. The van der Waals surface area contributed by atoms with Gasteiger partial charge in [0.1, 0.15) is 11.4 Å². The highest BCUT2D eigenvalue weighted by Gasteiger charge is 2.18. The Labute approximate surface area is 174 Å². The molecule has 1 aromatic carbocycles. The maximum Gasteiger partial charge on any atom is 0.137 e. The molecule has 4 rings (SSSR count). The number of aromatic nitrogens is 2. The van der Waals surface area contributed by atoms with Crippen LogP contribution in [0.1, 0.15) is 26.0 Å². The molecule has 28 heavy (non-hydrogen) atoms. The summed E-state index contributed by atoms with van der Waals surface area (Å²) in [6.07, 6.45) is 3.47. The Morgan fingerprint density at radius 3 is 2.71 bits per heavy atom. The van der Waals surface area contributed by atoms with Crippen molar-refractivity contribution in [3.05, 3.63) is 52.8 Å². The van der Waals surface area contributed by atoms with Crippen LogP contribution in [-0.2, 0) is 6.54 Å². The molecule has 0 aliphatic carbocycles. The monoisotopic (exact) mass is 442 g/mol. The van der Waals surface area contributed by atoms with E-state index in [1.807, 2.05) is 32.0 Å². The molecule has 2 aromatic heterocycles. The van der Waals surface area contributed by atoms with Gasteiger partial charge in [0, 0.05) is 35.9 Å². The molecule has 0 saturated carbocycles. The van der Waals surface area contributed by atoms with Crippen LogP contribution >= 0.6 is 15.9 Å². The highest BCUT2D eigenvalue weighted by atomic mass is 79.9. The van der Waals surface area contributed by atoms with Crippen molar-refractivity contribution in [1.82, 2.24) is 19.6 Å². The maximum absolute atomic E-state index is 5.80. The van der Waals surface area contributed by atoms with Crippen LogP contribution in [0.25, 0.3) is 16.9 Å². The third-order valence-electron chi connectivity index (χ3n) is 4.99. The number of halogens is 1. The highest BCUT2D eigenvalue weighted by molar-refractivity contribution is 9.10. The molecule has 0 amide bonds. The summed E-state index contributed by atoms with van der Waals surface area (Å²) in [5.41, 5.74) is 4.38. The molecule has 3 aromatic rings. The predicted molar refractivity (Wildman–Crippen MR) is 117 cm³/mol. The minimum Gasteiger partial charge on any atom is -0.491 e. The summed E-state index contributed by atoms with van der Waals surface area (Å²) < 4.78 is 9.08. The van der Waals surface area contributed by atoms with E-state index in [1.54, 1.807) is 0 Å². The summed E-state index contributed by atoms with van der Waals surface area (Å²) in [5, 5.41) is 3.49. The largest absolute Gasteiger partial charge is 0.491 e. The number of nitrogens with zero attached hydrogens (tertiary/aromatic N) is 3. The molecule has 1 N–H and O–H groups in total. The van der Waals surface area contributed by atoms with Crippen LogP contribution in [0, 0.1) is 0 Å². The SMILES string of the molecule is CC(C)Oc1ccc(-c2nc3ccc(Br)cn3c2CN2CCCNCC2)cc1. The third kappa shape index (κ3) is 4.40. The third-order valence-corrected chi connectivity index (χ3v) is 5.46. The molecule has 1 aliphatic rings. The topological polar surface area (TPSA) is 41.8 Å². The number of benzene rings is 1. The van der Waals surface area contributed by atoms with Crippen LogP contribution in [0.15, 0.2) is 47.1 Å². The zero-order chi connectivity index (χ0) is 19.5. The van der Waals surface area contributed by atoms with Crippen LogP contribution in [-0.4, -0.2) is 46.6 Å². The van der Waals surface area contributed by atoms with Crippen molar-refractivity contribution < 1.29 is 4.74 Å². The van der Waals surface area contributed by atoms with Crippen molar-refractivity contribution in [2.24, 2.45) is 0 Å². The zero-order valence-electron chi connectivity index (χ0n) is 16.5. The Morgan fingerprint density at radius 1 is 1.11 bits per heavy atom. The van der Waals surface area contributed by atoms with E-state index in [9.17, 15) is 0 Å². The number of hydrogen-bond acceptors (Lipinski definition) is 4. The van der Waals surface area contributed by atoms with Gasteiger partial charge in [-0.25, -0.2) is 4.98 Å². The molecule has 1 fully saturated rings. The first kappa shape index (κ1) is 19.4. The van der Waals surface area contributed by atoms with Crippen LogP contribution < -0.4 is 10.1 Å². The van der Waals surface area contributed by atoms with Gasteiger partial charge < -0.3 is 14.5 Å². The number of nitrogens with one attached hydrogen (secondary N) is 1. The Hall–Kier alpha value is -1.89. The minimum atomic E-state index is 0.172. The van der Waals surface area contributed by atoms with Gasteiger partial charge in [0.05, 0.1) is 17.5 Å². The number of pyridine rings is 1. The summed E-state index contributed by atoms with van der Waals surface area (Å²) in [7, 11) is 0. The Bertz CT molecular complexity index is 928. The van der Waals surface area contributed by atoms with Gasteiger partial charge in [-0.3, -0.25) is 4.90 Å². The fourth-order valence-electron chi connectivity index (χ4n) is 3.68. The van der Waals surface area contributed by atoms with Crippen molar-refractivity contribution in [1.29, 1.82) is 0 Å². The molecule has 148 valence electrons. The first-order valence-electron chi connectivity index (χ1n) is 9.97. The number of fused-ring (bicyclic) bond motifs is 1. The smallest absolute Gasteiger partial charge is 0.137 e. The molecular formula is C22H27BrN4O. The molecule has 1 saturated heterocycles. The van der Waals surface area contributed by atoms with Crippen molar-refractivity contribution >= 4 is 21.6 Å². The second-order valence-electron chi connectivity index (χ2n) is 7.55. The lowest BCUT2D eigenvalue weighted by atomic mass is 10.1. The van der Waals surface area contributed by atoms with Crippen LogP contribution in [0.5, 0.6) is 5.75 Å². The zero-order valence-corrected chi connectivity index (χ0v) is 18.1. The van der Waals surface area contributed by atoms with Crippen molar-refractivity contribution in [3.8, 4) is 17.0 Å². The summed E-state index contributed by atoms with van der Waals surface area (Å²) in [6.45, 7) is 9.27. The minimum absolute atomic E-state index is 0.172. The van der Waals surface area contributed by atoms with Gasteiger partial charge in [-0.05, 0) is 85.7 Å². The van der Waals surface area contributed by atoms with Gasteiger partial charge in [-0.15, -0.1) is 0 Å². The lowest BCUT2D eigenvalue weighted by Crippen LogP contribution is -2.28. The molecule has 1 aliphatic heterocycles. The van der Waals surface area contributed by atoms with E-state index in [1.165, 1.54) is 12.1 Å². The molecule has 6 heteroatoms. The van der Waals surface area contributed by atoms with E-state index in [0.29, 0.717) is 0 Å². The van der Waals surface area contributed by atoms with Gasteiger partial charge in [-0.1, -0.05) is 0 Å². The Morgan fingerprint density at radius 2 is 1.93 bits per heavy atom. The lowest BCUT2D eigenvalue weighted by molar-refractivity contribution is 0.242. The maximum atomic E-state index is 5.80. The van der Waals surface area contributed by atoms with Gasteiger partial charge in [0.15, 0.2) is 0 Å². The Kier molecular flexibility index (Phi) is 5.99. The highest BCUT2D eigenvalue weighted by Crippen LogP contribution is 2.29. The normalized spacial score (nSPS) is 15.9. The fourth-order valence-corrected chi connectivity index (χ4v) is 4.02. The number of ether oxygens (including phenoxy) is 1. The lowest BCUT2D eigenvalue weighted by Gasteiger charge is -2.20. The molecule has 0 spiro atoms. The van der Waals surface area contributed by atoms with E-state index in [2.05, 4.69) is 54.9 Å². The molecular weight excluding hydrogens is 416 g/mol. The fraction of sp³-hybridized carbons (Fsp3) is 0.409. The quantitative estimate of drug-likeness (QED) is 0.637. The van der Waals surface area contributed by atoms with Crippen LogP contribution in [0.3, 0.4) is 0 Å². The first-order valence-corrected chi connectivity index (χ1v) is 10.8. The average molecular weight is 443 g/mol. The molecule has 0 bridgehead atoms. The standard InChI is InChI=1S/C22H27BrN4O/c1-16(2)28-19-7-4-17(5-8-19)22-20(15-26-12-3-10-24-11-13-26)27-14-18(23)6-9-21(27)25-22/h4-9,14,16,24H,3,10-13,15H2,1-2H3. The summed E-state index contributed by atoms with van der Waals surface area (Å²) >= 11 is 3.61. The van der Waals surface area contributed by atoms with Gasteiger partial charge in [0.25, 0.3) is 0 Å². The average Bonchev–Trinajstić information content (AvgIpc) is 2.84. The van der Waals surface area contributed by atoms with Gasteiger partial charge >= 0.3 is 0 Å². The van der Waals surface area contributed by atoms with E-state index in [0.717, 1.165) is 59.9 Å². The van der Waals surface area contributed by atoms with Crippen LogP contribution in [0.2, 0.25) is 0 Å². The second kappa shape index (κ2) is 8.64. The molecule has 0 unspecified atom stereocenters. The van der Waals surface area contributed by atoms with Crippen molar-refractivity contribution in [2.75, 3.05) is 26.2 Å². The van der Waals surface area contributed by atoms with Gasteiger partial charge in [0.2, 0.25) is 0 Å². The number of imidazole rings is 1. The molecule has 0 atom stereocenters. The first-order chi connectivity index (χ1) is 13.6. The summed E-state index contributed by atoms with van der Waals surface area (Å²) in [5.74, 6) is 0.894. The van der Waals surface area contributed by atoms with Crippen molar-refractivity contribution in [2.45, 2.75) is 32.9 Å². The molecule has 0 radical (unpaired) electrons. The van der Waals surface area contributed by atoms with E-state index >= 15 is 0 Å². The van der Waals surface area contributed by atoms with Crippen molar-refractivity contribution in [3.63, 3.8) is 0 Å². The number of hydrogen-bond donors (Lipinski definition) is 1. The summed E-state index contributed by atoms with van der Waals surface area (Å²) in [6, 6.07) is 12.4. The van der Waals surface area contributed by atoms with E-state index < -0.39 is 0 Å². The Balaban J connectivity index is 1.72. The van der Waals surface area contributed by atoms with E-state index in [4.69, 9.17) is 9.72 Å².